The van der Waals surface area contributed by atoms with Crippen LogP contribution in [0.5, 0.6) is 0 Å². The zero-order valence-electron chi connectivity index (χ0n) is 13.1. The quantitative estimate of drug-likeness (QED) is 0.734. The number of aromatic nitrogens is 1. The third-order valence-corrected chi connectivity index (χ3v) is 4.68. The zero-order chi connectivity index (χ0) is 17.0. The molecule has 2 aromatic carbocycles. The Bertz CT molecular complexity index is 1080. The lowest BCUT2D eigenvalue weighted by molar-refractivity contribution is -0.118. The minimum Gasteiger partial charge on any atom is -0.304 e. The Morgan fingerprint density at radius 1 is 1.08 bits per heavy atom. The standard InChI is InChI=1S/C19H13ClN4O/c20-14-7-5-12(6-8-14)17-11-23-19(22-18(25)10-21-23)16-9-13-3-1-2-4-15(13)24(16)17/h1-9,11,21H,10H2. The van der Waals surface area contributed by atoms with E-state index in [1.54, 1.807) is 0 Å². The first-order valence-electron chi connectivity index (χ1n) is 7.94. The summed E-state index contributed by atoms with van der Waals surface area (Å²) in [6.45, 7) is 0.189. The highest BCUT2D eigenvalue weighted by Crippen LogP contribution is 2.33. The van der Waals surface area contributed by atoms with Crippen molar-refractivity contribution in [1.29, 1.82) is 0 Å². The summed E-state index contributed by atoms with van der Waals surface area (Å²) >= 11 is 6.05. The van der Waals surface area contributed by atoms with Gasteiger partial charge in [-0.2, -0.15) is 4.99 Å². The summed E-state index contributed by atoms with van der Waals surface area (Å²) in [4.78, 5) is 16.0. The topological polar surface area (TPSA) is 49.6 Å². The number of para-hydroxylation sites is 1. The van der Waals surface area contributed by atoms with Gasteiger partial charge in [0.2, 0.25) is 0 Å². The van der Waals surface area contributed by atoms with E-state index in [1.165, 1.54) is 0 Å². The van der Waals surface area contributed by atoms with Crippen LogP contribution in [0.3, 0.4) is 0 Å². The number of nitrogens with zero attached hydrogens (tertiary/aromatic N) is 3. The van der Waals surface area contributed by atoms with Crippen LogP contribution in [0.1, 0.15) is 11.3 Å². The van der Waals surface area contributed by atoms with E-state index in [0.717, 1.165) is 27.9 Å². The zero-order valence-corrected chi connectivity index (χ0v) is 13.9. The molecule has 5 nitrogen and oxygen atoms in total. The second-order valence-corrected chi connectivity index (χ2v) is 6.42. The predicted octanol–water partition coefficient (Wildman–Crippen LogP) is 3.25. The van der Waals surface area contributed by atoms with Crippen molar-refractivity contribution in [2.24, 2.45) is 4.99 Å². The van der Waals surface area contributed by atoms with E-state index in [9.17, 15) is 4.79 Å². The summed E-state index contributed by atoms with van der Waals surface area (Å²) in [5.74, 6) is 0.441. The second kappa shape index (κ2) is 5.31. The molecule has 2 aliphatic rings. The first kappa shape index (κ1) is 14.5. The molecule has 0 spiro atoms. The van der Waals surface area contributed by atoms with Crippen molar-refractivity contribution in [2.45, 2.75) is 0 Å². The average molecular weight is 349 g/mol. The lowest BCUT2D eigenvalue weighted by Gasteiger charge is -2.32. The molecule has 3 aromatic rings. The van der Waals surface area contributed by atoms with Gasteiger partial charge in [0.25, 0.3) is 5.91 Å². The summed E-state index contributed by atoms with van der Waals surface area (Å²) in [6.07, 6.45) is 1.97. The molecule has 0 fully saturated rings. The van der Waals surface area contributed by atoms with Crippen molar-refractivity contribution in [3.05, 3.63) is 77.1 Å². The molecule has 0 atom stereocenters. The van der Waals surface area contributed by atoms with Crippen LogP contribution in [0.4, 0.5) is 0 Å². The van der Waals surface area contributed by atoms with E-state index < -0.39 is 0 Å². The highest BCUT2D eigenvalue weighted by molar-refractivity contribution is 6.30. The number of halogens is 1. The summed E-state index contributed by atoms with van der Waals surface area (Å²) in [5.41, 5.74) is 7.08. The number of nitrogens with one attached hydrogen (secondary N) is 1. The van der Waals surface area contributed by atoms with E-state index in [1.807, 2.05) is 47.6 Å². The van der Waals surface area contributed by atoms with Crippen molar-refractivity contribution in [3.63, 3.8) is 0 Å². The monoisotopic (exact) mass is 348 g/mol. The molecule has 25 heavy (non-hydrogen) atoms. The number of benzene rings is 2. The highest BCUT2D eigenvalue weighted by Gasteiger charge is 2.29. The Kier molecular flexibility index (Phi) is 3.07. The number of carbonyl (C=O) groups is 1. The molecule has 2 aliphatic heterocycles. The fraction of sp³-hybridized carbons (Fsp3) is 0.0526. The van der Waals surface area contributed by atoms with Crippen LogP contribution in [0.25, 0.3) is 16.6 Å². The molecule has 1 N–H and O–H groups in total. The van der Waals surface area contributed by atoms with Gasteiger partial charge in [-0.25, -0.2) is 5.43 Å². The van der Waals surface area contributed by atoms with Gasteiger partial charge in [0.1, 0.15) is 0 Å². The molecular weight excluding hydrogens is 336 g/mol. The molecule has 0 unspecified atom stereocenters. The van der Waals surface area contributed by atoms with Gasteiger partial charge < -0.3 is 4.57 Å². The first-order chi connectivity index (χ1) is 12.2. The van der Waals surface area contributed by atoms with E-state index in [-0.39, 0.29) is 12.5 Å². The van der Waals surface area contributed by atoms with Crippen molar-refractivity contribution in [1.82, 2.24) is 15.0 Å². The smallest absolute Gasteiger partial charge is 0.263 e. The van der Waals surface area contributed by atoms with Crippen molar-refractivity contribution in [3.8, 4) is 0 Å². The molecule has 5 rings (SSSR count). The van der Waals surface area contributed by atoms with Crippen molar-refractivity contribution >= 4 is 39.9 Å². The van der Waals surface area contributed by atoms with Gasteiger partial charge in [0.15, 0.2) is 5.84 Å². The van der Waals surface area contributed by atoms with Crippen molar-refractivity contribution in [2.75, 3.05) is 6.54 Å². The first-order valence-corrected chi connectivity index (χ1v) is 8.32. The number of amidine groups is 1. The number of rotatable bonds is 1. The van der Waals surface area contributed by atoms with E-state index in [0.29, 0.717) is 10.9 Å². The molecule has 3 heterocycles. The molecular formula is C19H13ClN4O. The van der Waals surface area contributed by atoms with E-state index in [2.05, 4.69) is 33.2 Å². The molecule has 1 aromatic heterocycles. The maximum atomic E-state index is 11.8. The Morgan fingerprint density at radius 3 is 2.72 bits per heavy atom. The largest absolute Gasteiger partial charge is 0.304 e. The fourth-order valence-electron chi connectivity index (χ4n) is 3.31. The summed E-state index contributed by atoms with van der Waals surface area (Å²) in [7, 11) is 0. The Balaban J connectivity index is 1.82. The van der Waals surface area contributed by atoms with Crippen LogP contribution in [0, 0.1) is 0 Å². The van der Waals surface area contributed by atoms with Crippen LogP contribution in [-0.2, 0) is 4.79 Å². The number of fused-ring (bicyclic) bond motifs is 5. The van der Waals surface area contributed by atoms with Gasteiger partial charge >= 0.3 is 0 Å². The minimum absolute atomic E-state index is 0.175. The van der Waals surface area contributed by atoms with Crippen LogP contribution < -0.4 is 5.43 Å². The molecule has 6 heteroatoms. The number of hydrogen-bond donors (Lipinski definition) is 1. The number of carbonyl (C=O) groups excluding carboxylic acids is 1. The van der Waals surface area contributed by atoms with E-state index in [4.69, 9.17) is 11.6 Å². The van der Waals surface area contributed by atoms with Gasteiger partial charge in [-0.15, -0.1) is 0 Å². The second-order valence-electron chi connectivity index (χ2n) is 5.98. The summed E-state index contributed by atoms with van der Waals surface area (Å²) in [5, 5.41) is 3.61. The van der Waals surface area contributed by atoms with Gasteiger partial charge in [0.05, 0.1) is 23.5 Å². The minimum atomic E-state index is -0.175. The van der Waals surface area contributed by atoms with Crippen LogP contribution >= 0.6 is 11.6 Å². The summed E-state index contributed by atoms with van der Waals surface area (Å²) in [6, 6.07) is 17.9. The van der Waals surface area contributed by atoms with Gasteiger partial charge in [-0.1, -0.05) is 41.9 Å². The van der Waals surface area contributed by atoms with Crippen molar-refractivity contribution < 1.29 is 4.79 Å². The van der Waals surface area contributed by atoms with E-state index >= 15 is 0 Å². The normalized spacial score (nSPS) is 16.4. The average Bonchev–Trinajstić information content (AvgIpc) is 3.02. The van der Waals surface area contributed by atoms with Crippen LogP contribution in [-0.4, -0.2) is 27.9 Å². The number of aliphatic imine (C=N–C) groups is 1. The maximum Gasteiger partial charge on any atom is 0.263 e. The van der Waals surface area contributed by atoms with Gasteiger partial charge in [-0.3, -0.25) is 9.80 Å². The lowest BCUT2D eigenvalue weighted by Crippen LogP contribution is -2.48. The van der Waals surface area contributed by atoms with Gasteiger partial charge in [-0.05, 0) is 24.3 Å². The SMILES string of the molecule is O=C1CNN2C=C(c3ccc(Cl)cc3)n3c(cc4ccccc43)C2=N1. The highest BCUT2D eigenvalue weighted by atomic mass is 35.5. The summed E-state index contributed by atoms with van der Waals surface area (Å²) < 4.78 is 2.13. The Labute approximate surface area is 148 Å². The lowest BCUT2D eigenvalue weighted by atomic mass is 10.1. The number of hydrogen-bond acceptors (Lipinski definition) is 3. The Morgan fingerprint density at radius 2 is 1.88 bits per heavy atom. The maximum absolute atomic E-state index is 11.8. The number of amides is 1. The predicted molar refractivity (Wildman–Crippen MR) is 98.2 cm³/mol. The molecule has 1 amide bonds. The molecule has 0 saturated carbocycles. The van der Waals surface area contributed by atoms with Crippen LogP contribution in [0.15, 0.2) is 65.8 Å². The van der Waals surface area contributed by atoms with Crippen LogP contribution in [0.2, 0.25) is 5.02 Å². The molecule has 0 bridgehead atoms. The third kappa shape index (κ3) is 2.21. The fourth-order valence-corrected chi connectivity index (χ4v) is 3.44. The third-order valence-electron chi connectivity index (χ3n) is 4.43. The molecule has 122 valence electrons. The number of hydrazine groups is 1. The Hall–Kier alpha value is -2.89. The molecule has 0 radical (unpaired) electrons. The molecule has 0 saturated heterocycles. The van der Waals surface area contributed by atoms with Gasteiger partial charge in [0, 0.05) is 22.2 Å². The molecule has 0 aliphatic carbocycles.